The number of hydrogen-bond acceptors (Lipinski definition) is 2. The normalized spacial score (nSPS) is 15.4. The molecule has 1 heterocycles. The Balaban J connectivity index is 2.18. The highest BCUT2D eigenvalue weighted by molar-refractivity contribution is 5.93. The predicted molar refractivity (Wildman–Crippen MR) is 74.0 cm³/mol. The summed E-state index contributed by atoms with van der Waals surface area (Å²) in [7, 11) is 0. The first kappa shape index (κ1) is 12.7. The number of amides is 1. The Labute approximate surface area is 108 Å². The highest BCUT2D eigenvalue weighted by Gasteiger charge is 2.22. The van der Waals surface area contributed by atoms with Gasteiger partial charge in [-0.2, -0.15) is 0 Å². The summed E-state index contributed by atoms with van der Waals surface area (Å²) >= 11 is 0. The first-order valence-corrected chi connectivity index (χ1v) is 6.45. The zero-order valence-electron chi connectivity index (χ0n) is 11.1. The summed E-state index contributed by atoms with van der Waals surface area (Å²) in [5.41, 5.74) is 10.0. The number of carbonyl (C=O) groups excluding carboxylic acids is 1. The van der Waals surface area contributed by atoms with Crippen LogP contribution in [0.15, 0.2) is 29.8 Å². The molecule has 0 fully saturated rings. The number of nitrogens with zero attached hydrogens (tertiary/aromatic N) is 1. The van der Waals surface area contributed by atoms with Gasteiger partial charge in [0.15, 0.2) is 0 Å². The highest BCUT2D eigenvalue weighted by Crippen LogP contribution is 2.24. The molecule has 0 radical (unpaired) electrons. The number of nitrogen functional groups attached to an aromatic ring is 1. The molecule has 0 spiro atoms. The minimum absolute atomic E-state index is 0.143. The fourth-order valence-corrected chi connectivity index (χ4v) is 2.46. The van der Waals surface area contributed by atoms with Gasteiger partial charge in [0.1, 0.15) is 0 Å². The average Bonchev–Trinajstić information content (AvgIpc) is 2.38. The molecular formula is C15H20N2O. The van der Waals surface area contributed by atoms with Crippen molar-refractivity contribution in [3.63, 3.8) is 0 Å². The second-order valence-corrected chi connectivity index (χ2v) is 4.76. The van der Waals surface area contributed by atoms with E-state index in [1.807, 2.05) is 37.0 Å². The minimum Gasteiger partial charge on any atom is -0.398 e. The van der Waals surface area contributed by atoms with Crippen molar-refractivity contribution < 1.29 is 4.79 Å². The van der Waals surface area contributed by atoms with Crippen molar-refractivity contribution in [3.8, 4) is 0 Å². The molecule has 18 heavy (non-hydrogen) atoms. The molecule has 1 amide bonds. The first-order valence-electron chi connectivity index (χ1n) is 6.45. The number of allylic oxidation sites excluding steroid dienone is 1. The van der Waals surface area contributed by atoms with Crippen LogP contribution in [0.3, 0.4) is 0 Å². The Morgan fingerprint density at radius 3 is 3.00 bits per heavy atom. The van der Waals surface area contributed by atoms with Crippen LogP contribution in [0.25, 0.3) is 0 Å². The fraction of sp³-hybridized carbons (Fsp3) is 0.400. The molecule has 2 rings (SSSR count). The Morgan fingerprint density at radius 2 is 2.28 bits per heavy atom. The molecule has 1 aromatic rings. The molecule has 0 aliphatic carbocycles. The number of fused-ring (bicyclic) bond motifs is 1. The molecule has 2 N–H and O–H groups in total. The van der Waals surface area contributed by atoms with Crippen LogP contribution in [-0.4, -0.2) is 17.4 Å². The van der Waals surface area contributed by atoms with Gasteiger partial charge in [-0.3, -0.25) is 4.79 Å². The summed E-state index contributed by atoms with van der Waals surface area (Å²) in [6, 6.07) is 5.94. The van der Waals surface area contributed by atoms with Gasteiger partial charge in [-0.25, -0.2) is 0 Å². The van der Waals surface area contributed by atoms with Crippen molar-refractivity contribution in [2.75, 3.05) is 12.3 Å². The molecule has 0 aromatic heterocycles. The summed E-state index contributed by atoms with van der Waals surface area (Å²) in [6.45, 7) is 5.37. The van der Waals surface area contributed by atoms with Crippen LogP contribution in [0, 0.1) is 0 Å². The monoisotopic (exact) mass is 244 g/mol. The van der Waals surface area contributed by atoms with Crippen LogP contribution in [0.1, 0.15) is 31.4 Å². The molecule has 0 unspecified atom stereocenters. The quantitative estimate of drug-likeness (QED) is 0.642. The Hall–Kier alpha value is -1.77. The van der Waals surface area contributed by atoms with Crippen LogP contribution in [0.2, 0.25) is 0 Å². The maximum Gasteiger partial charge on any atom is 0.249 e. The van der Waals surface area contributed by atoms with E-state index < -0.39 is 0 Å². The molecule has 0 bridgehead atoms. The largest absolute Gasteiger partial charge is 0.398 e. The van der Waals surface area contributed by atoms with E-state index in [4.69, 9.17) is 5.73 Å². The van der Waals surface area contributed by atoms with Crippen LogP contribution in [-0.2, 0) is 17.8 Å². The Bertz CT molecular complexity index is 491. The molecule has 0 atom stereocenters. The van der Waals surface area contributed by atoms with Crippen molar-refractivity contribution in [1.82, 2.24) is 4.90 Å². The van der Waals surface area contributed by atoms with Crippen LogP contribution in [0.4, 0.5) is 5.69 Å². The fourth-order valence-electron chi connectivity index (χ4n) is 2.46. The molecule has 0 saturated heterocycles. The smallest absolute Gasteiger partial charge is 0.249 e. The SMILES string of the molecule is CCC=C(C)C(=O)N1CCc2c(N)cccc2C1. The van der Waals surface area contributed by atoms with Crippen molar-refractivity contribution in [2.45, 2.75) is 33.2 Å². The molecule has 1 aliphatic rings. The number of benzene rings is 1. The lowest BCUT2D eigenvalue weighted by Gasteiger charge is -2.30. The van der Waals surface area contributed by atoms with Crippen molar-refractivity contribution in [2.24, 2.45) is 0 Å². The third-order valence-electron chi connectivity index (χ3n) is 3.44. The van der Waals surface area contributed by atoms with E-state index in [-0.39, 0.29) is 5.91 Å². The van der Waals surface area contributed by atoms with Gasteiger partial charge in [-0.05, 0) is 37.0 Å². The van der Waals surface area contributed by atoms with E-state index in [1.54, 1.807) is 0 Å². The summed E-state index contributed by atoms with van der Waals surface area (Å²) in [5, 5.41) is 0. The van der Waals surface area contributed by atoms with Gasteiger partial charge in [-0.15, -0.1) is 0 Å². The molecular weight excluding hydrogens is 224 g/mol. The first-order chi connectivity index (χ1) is 8.63. The van der Waals surface area contributed by atoms with Crippen LogP contribution < -0.4 is 5.73 Å². The van der Waals surface area contributed by atoms with E-state index >= 15 is 0 Å². The second kappa shape index (κ2) is 5.25. The van der Waals surface area contributed by atoms with Gasteiger partial charge >= 0.3 is 0 Å². The molecule has 96 valence electrons. The lowest BCUT2D eigenvalue weighted by molar-refractivity contribution is -0.128. The van der Waals surface area contributed by atoms with Crippen LogP contribution >= 0.6 is 0 Å². The second-order valence-electron chi connectivity index (χ2n) is 4.76. The van der Waals surface area contributed by atoms with E-state index in [9.17, 15) is 4.79 Å². The number of hydrogen-bond donors (Lipinski definition) is 1. The van der Waals surface area contributed by atoms with Gasteiger partial charge < -0.3 is 10.6 Å². The third-order valence-corrected chi connectivity index (χ3v) is 3.44. The minimum atomic E-state index is 0.143. The maximum atomic E-state index is 12.2. The van der Waals surface area contributed by atoms with Crippen molar-refractivity contribution in [1.29, 1.82) is 0 Å². The zero-order valence-corrected chi connectivity index (χ0v) is 11.1. The number of carbonyl (C=O) groups is 1. The lowest BCUT2D eigenvalue weighted by Crippen LogP contribution is -2.36. The van der Waals surface area contributed by atoms with Gasteiger partial charge in [-0.1, -0.05) is 25.1 Å². The summed E-state index contributed by atoms with van der Waals surface area (Å²) in [6.07, 6.45) is 3.74. The Kier molecular flexibility index (Phi) is 3.70. The zero-order chi connectivity index (χ0) is 13.1. The molecule has 0 saturated carbocycles. The van der Waals surface area contributed by atoms with Crippen molar-refractivity contribution in [3.05, 3.63) is 41.0 Å². The molecule has 3 heteroatoms. The van der Waals surface area contributed by atoms with Gasteiger partial charge in [0.05, 0.1) is 0 Å². The van der Waals surface area contributed by atoms with E-state index in [0.717, 1.165) is 30.6 Å². The van der Waals surface area contributed by atoms with Crippen molar-refractivity contribution >= 4 is 11.6 Å². The molecule has 1 aromatic carbocycles. The number of rotatable bonds is 2. The standard InChI is InChI=1S/C15H20N2O/c1-3-5-11(2)15(18)17-9-8-13-12(10-17)6-4-7-14(13)16/h4-7H,3,8-10,16H2,1-2H3. The lowest BCUT2D eigenvalue weighted by atomic mass is 9.97. The van der Waals surface area contributed by atoms with Gasteiger partial charge in [0.2, 0.25) is 5.91 Å². The number of anilines is 1. The maximum absolute atomic E-state index is 12.2. The average molecular weight is 244 g/mol. The third kappa shape index (κ3) is 2.40. The van der Waals surface area contributed by atoms with E-state index in [0.29, 0.717) is 6.54 Å². The van der Waals surface area contributed by atoms with E-state index in [1.165, 1.54) is 11.1 Å². The summed E-state index contributed by atoms with van der Waals surface area (Å²) in [5.74, 6) is 0.143. The van der Waals surface area contributed by atoms with E-state index in [2.05, 4.69) is 6.07 Å². The predicted octanol–water partition coefficient (Wildman–Crippen LogP) is 2.51. The van der Waals surface area contributed by atoms with Gasteiger partial charge in [0.25, 0.3) is 0 Å². The molecule has 1 aliphatic heterocycles. The summed E-state index contributed by atoms with van der Waals surface area (Å²) < 4.78 is 0. The topological polar surface area (TPSA) is 46.3 Å². The Morgan fingerprint density at radius 1 is 1.50 bits per heavy atom. The van der Waals surface area contributed by atoms with Crippen LogP contribution in [0.5, 0.6) is 0 Å². The summed E-state index contributed by atoms with van der Waals surface area (Å²) in [4.78, 5) is 14.1. The molecule has 3 nitrogen and oxygen atoms in total. The number of nitrogens with two attached hydrogens (primary N) is 1. The van der Waals surface area contributed by atoms with Gasteiger partial charge in [0, 0.05) is 24.4 Å². The highest BCUT2D eigenvalue weighted by atomic mass is 16.2.